The van der Waals surface area contributed by atoms with Crippen molar-refractivity contribution in [3.63, 3.8) is 0 Å². The number of carbonyl (C=O) groups is 1. The van der Waals surface area contributed by atoms with Crippen LogP contribution >= 0.6 is 0 Å². The first kappa shape index (κ1) is 8.95. The molecule has 0 heterocycles. The van der Waals surface area contributed by atoms with Crippen LogP contribution in [0.25, 0.3) is 0 Å². The molecule has 0 radical (unpaired) electrons. The van der Waals surface area contributed by atoms with Gasteiger partial charge in [-0.15, -0.1) is 0 Å². The quantitative estimate of drug-likeness (QED) is 0.246. The topological polar surface area (TPSA) is 105 Å². The van der Waals surface area contributed by atoms with Crippen LogP contribution in [-0.4, -0.2) is 16.4 Å². The Labute approximate surface area is 34.1 Å². The Morgan fingerprint density at radius 2 is 1.83 bits per heavy atom. The second-order valence-electron chi connectivity index (χ2n) is 0.417. The molecule has 0 aromatic rings. The van der Waals surface area contributed by atoms with Gasteiger partial charge in [-0.1, -0.05) is 0 Å². The Balaban J connectivity index is 0. The van der Waals surface area contributed by atoms with E-state index in [4.69, 9.17) is 15.1 Å². The van der Waals surface area contributed by atoms with Gasteiger partial charge in [-0.3, -0.25) is 5.21 Å². The van der Waals surface area contributed by atoms with E-state index < -0.39 is 6.09 Å². The lowest BCUT2D eigenvalue weighted by Gasteiger charge is -1.77. The fourth-order valence-corrected chi connectivity index (χ4v) is 0. The molecule has 0 saturated heterocycles. The molecule has 0 aliphatic rings. The molecule has 0 aromatic heterocycles. The molecule has 0 aromatic carbocycles. The molecule has 0 aliphatic carbocycles. The number of nitrogens with one attached hydrogen (secondary N) is 1. The van der Waals surface area contributed by atoms with Gasteiger partial charge in [-0.05, 0) is 0 Å². The fourth-order valence-electron chi connectivity index (χ4n) is 0. The lowest BCUT2D eigenvalue weighted by Crippen LogP contribution is -2.14. The van der Waals surface area contributed by atoms with E-state index in [1.807, 2.05) is 0 Å². The molecular formula is CH6N2O3. The van der Waals surface area contributed by atoms with Gasteiger partial charge in [0, 0.05) is 0 Å². The van der Waals surface area contributed by atoms with Gasteiger partial charge in [0.25, 0.3) is 0 Å². The van der Waals surface area contributed by atoms with Crippen LogP contribution in [0, 0.1) is 0 Å². The van der Waals surface area contributed by atoms with Gasteiger partial charge in [-0.25, -0.2) is 10.3 Å². The van der Waals surface area contributed by atoms with Crippen LogP contribution in [0.4, 0.5) is 4.79 Å². The third-order valence-corrected chi connectivity index (χ3v) is 0.0956. The first-order valence-corrected chi connectivity index (χ1v) is 0.901. The molecule has 5 nitrogen and oxygen atoms in total. The second kappa shape index (κ2) is 4.19. The van der Waals surface area contributed by atoms with Gasteiger partial charge in [0.15, 0.2) is 0 Å². The standard InChI is InChI=1S/CH3NO3.H3N/c3-1(4)2-5;/h2,5H,(H,3,4);1H3. The normalized spacial score (nSPS) is 5.50. The maximum Gasteiger partial charge on any atom is 0.428 e. The summed E-state index contributed by atoms with van der Waals surface area (Å²) in [6.07, 6.45) is -1.44. The molecule has 0 aliphatic heterocycles. The number of hydrogen-bond donors (Lipinski definition) is 4. The van der Waals surface area contributed by atoms with Crippen molar-refractivity contribution in [2.75, 3.05) is 0 Å². The minimum atomic E-state index is -1.44. The van der Waals surface area contributed by atoms with Crippen LogP contribution in [0.2, 0.25) is 0 Å². The number of hydrogen-bond acceptors (Lipinski definition) is 3. The monoisotopic (exact) mass is 94.0 g/mol. The number of carboxylic acid groups (broad SMARTS) is 1. The highest BCUT2D eigenvalue weighted by Gasteiger charge is 1.79. The zero-order valence-corrected chi connectivity index (χ0v) is 3.01. The summed E-state index contributed by atoms with van der Waals surface area (Å²) in [6, 6.07) is 0. The van der Waals surface area contributed by atoms with E-state index in [1.165, 1.54) is 0 Å². The zero-order valence-electron chi connectivity index (χ0n) is 3.01. The van der Waals surface area contributed by atoms with Crippen LogP contribution in [0.1, 0.15) is 0 Å². The molecule has 0 atom stereocenters. The Bertz CT molecular complexity index is 44.1. The van der Waals surface area contributed by atoms with E-state index in [-0.39, 0.29) is 6.15 Å². The van der Waals surface area contributed by atoms with Crippen molar-refractivity contribution >= 4 is 6.09 Å². The minimum Gasteiger partial charge on any atom is -0.464 e. The maximum absolute atomic E-state index is 9.01. The van der Waals surface area contributed by atoms with Crippen molar-refractivity contribution in [2.45, 2.75) is 0 Å². The summed E-state index contributed by atoms with van der Waals surface area (Å²) in [5, 5.41) is 14.7. The van der Waals surface area contributed by atoms with Gasteiger partial charge in [0.05, 0.1) is 0 Å². The summed E-state index contributed by atoms with van der Waals surface area (Å²) in [5.41, 5.74) is 0.944. The number of rotatable bonds is 0. The van der Waals surface area contributed by atoms with Gasteiger partial charge < -0.3 is 11.3 Å². The lowest BCUT2D eigenvalue weighted by atomic mass is 11.3. The summed E-state index contributed by atoms with van der Waals surface area (Å²) >= 11 is 0. The first-order valence-electron chi connectivity index (χ1n) is 0.901. The van der Waals surface area contributed by atoms with Gasteiger partial charge in [0.1, 0.15) is 0 Å². The third kappa shape index (κ3) is 10.8. The smallest absolute Gasteiger partial charge is 0.428 e. The van der Waals surface area contributed by atoms with E-state index in [2.05, 4.69) is 0 Å². The van der Waals surface area contributed by atoms with Crippen LogP contribution in [-0.2, 0) is 0 Å². The fraction of sp³-hybridized carbons (Fsp3) is 0. The molecule has 0 rings (SSSR count). The molecule has 6 heavy (non-hydrogen) atoms. The molecule has 38 valence electrons. The summed E-state index contributed by atoms with van der Waals surface area (Å²) in [5.74, 6) is 0. The Morgan fingerprint density at radius 1 is 1.67 bits per heavy atom. The summed E-state index contributed by atoms with van der Waals surface area (Å²) < 4.78 is 0. The average molecular weight is 94.1 g/mol. The molecule has 0 saturated carbocycles. The number of hydroxylamine groups is 1. The van der Waals surface area contributed by atoms with Crippen molar-refractivity contribution in [3.8, 4) is 0 Å². The van der Waals surface area contributed by atoms with Crippen molar-refractivity contribution in [3.05, 3.63) is 0 Å². The molecule has 5 heteroatoms. The summed E-state index contributed by atoms with van der Waals surface area (Å²) in [7, 11) is 0. The largest absolute Gasteiger partial charge is 0.464 e. The molecule has 1 amide bonds. The van der Waals surface area contributed by atoms with Crippen LogP contribution in [0.3, 0.4) is 0 Å². The summed E-state index contributed by atoms with van der Waals surface area (Å²) in [6.45, 7) is 0. The summed E-state index contributed by atoms with van der Waals surface area (Å²) in [4.78, 5) is 9.01. The van der Waals surface area contributed by atoms with Crippen LogP contribution in [0.5, 0.6) is 0 Å². The van der Waals surface area contributed by atoms with E-state index in [9.17, 15) is 0 Å². The minimum absolute atomic E-state index is 0. The maximum atomic E-state index is 9.01. The average Bonchev–Trinajstić information content (AvgIpc) is 1.38. The van der Waals surface area contributed by atoms with E-state index >= 15 is 0 Å². The van der Waals surface area contributed by atoms with E-state index in [0.717, 1.165) is 5.48 Å². The predicted molar refractivity (Wildman–Crippen MR) is 18.0 cm³/mol. The molecule has 0 bridgehead atoms. The van der Waals surface area contributed by atoms with Gasteiger partial charge in [-0.2, -0.15) is 0 Å². The van der Waals surface area contributed by atoms with Gasteiger partial charge in [0.2, 0.25) is 0 Å². The van der Waals surface area contributed by atoms with Crippen LogP contribution < -0.4 is 11.6 Å². The third-order valence-electron chi connectivity index (χ3n) is 0.0956. The number of amides is 1. The van der Waals surface area contributed by atoms with E-state index in [1.54, 1.807) is 0 Å². The molecular weight excluding hydrogens is 88.0 g/mol. The Hall–Kier alpha value is -0.810. The predicted octanol–water partition coefficient (Wildman–Crippen LogP) is -0.195. The van der Waals surface area contributed by atoms with Crippen molar-refractivity contribution in [1.29, 1.82) is 0 Å². The highest BCUT2D eigenvalue weighted by Crippen LogP contribution is 1.45. The van der Waals surface area contributed by atoms with Crippen molar-refractivity contribution in [1.82, 2.24) is 11.6 Å². The highest BCUT2D eigenvalue weighted by molar-refractivity contribution is 5.62. The van der Waals surface area contributed by atoms with Gasteiger partial charge >= 0.3 is 6.09 Å². The first-order chi connectivity index (χ1) is 2.27. The Morgan fingerprint density at radius 3 is 1.83 bits per heavy atom. The van der Waals surface area contributed by atoms with Crippen molar-refractivity contribution < 1.29 is 15.1 Å². The molecule has 0 fully saturated rings. The Kier molecular flexibility index (Phi) is 6.25. The van der Waals surface area contributed by atoms with Crippen molar-refractivity contribution in [2.24, 2.45) is 0 Å². The molecule has 6 N–H and O–H groups in total. The molecule has 0 spiro atoms. The highest BCUT2D eigenvalue weighted by atomic mass is 16.5. The second-order valence-corrected chi connectivity index (χ2v) is 0.417. The van der Waals surface area contributed by atoms with E-state index in [0.29, 0.717) is 0 Å². The molecule has 0 unspecified atom stereocenters. The SMILES string of the molecule is N.O=C(O)NO. The lowest BCUT2D eigenvalue weighted by molar-refractivity contribution is 0.122. The zero-order chi connectivity index (χ0) is 4.28. The van der Waals surface area contributed by atoms with Crippen LogP contribution in [0.15, 0.2) is 0 Å².